The summed E-state index contributed by atoms with van der Waals surface area (Å²) in [6.07, 6.45) is 0.922. The number of morpholine rings is 1. The topological polar surface area (TPSA) is 76.8 Å². The lowest BCUT2D eigenvalue weighted by molar-refractivity contribution is 0.102. The number of nitrogens with one attached hydrogen (secondary N) is 1. The Morgan fingerprint density at radius 1 is 1.23 bits per heavy atom. The van der Waals surface area contributed by atoms with Crippen molar-refractivity contribution < 1.29 is 14.3 Å². The Bertz CT molecular complexity index is 758. The highest BCUT2D eigenvalue weighted by Gasteiger charge is 2.15. The summed E-state index contributed by atoms with van der Waals surface area (Å²) in [5.41, 5.74) is 9.03. The van der Waals surface area contributed by atoms with Crippen molar-refractivity contribution in [2.24, 2.45) is 0 Å². The van der Waals surface area contributed by atoms with Crippen LogP contribution in [0.5, 0.6) is 5.75 Å². The lowest BCUT2D eigenvalue weighted by atomic mass is 10.1. The van der Waals surface area contributed by atoms with Crippen molar-refractivity contribution in [3.05, 3.63) is 48.0 Å². The summed E-state index contributed by atoms with van der Waals surface area (Å²) < 4.78 is 11.0. The fraction of sp³-hybridized carbons (Fsp3) is 0.350. The molecule has 0 saturated carbocycles. The van der Waals surface area contributed by atoms with Gasteiger partial charge >= 0.3 is 0 Å². The average molecular weight is 355 g/mol. The van der Waals surface area contributed by atoms with Gasteiger partial charge < -0.3 is 25.4 Å². The van der Waals surface area contributed by atoms with E-state index >= 15 is 0 Å². The smallest absolute Gasteiger partial charge is 0.255 e. The zero-order valence-electron chi connectivity index (χ0n) is 15.0. The van der Waals surface area contributed by atoms with Gasteiger partial charge in [0.2, 0.25) is 0 Å². The second kappa shape index (κ2) is 8.58. The van der Waals surface area contributed by atoms with Gasteiger partial charge in [-0.2, -0.15) is 0 Å². The third-order valence-corrected chi connectivity index (χ3v) is 4.21. The number of hydrogen-bond acceptors (Lipinski definition) is 5. The maximum atomic E-state index is 12.5. The van der Waals surface area contributed by atoms with Crippen LogP contribution in [0.2, 0.25) is 0 Å². The van der Waals surface area contributed by atoms with E-state index in [0.717, 1.165) is 25.2 Å². The normalized spacial score (nSPS) is 14.1. The van der Waals surface area contributed by atoms with Crippen LogP contribution < -0.4 is 20.7 Å². The van der Waals surface area contributed by atoms with Crippen molar-refractivity contribution in [2.75, 3.05) is 48.9 Å². The number of nitrogens with two attached hydrogens (primary N) is 1. The van der Waals surface area contributed by atoms with Gasteiger partial charge in [0.05, 0.1) is 31.2 Å². The van der Waals surface area contributed by atoms with Crippen LogP contribution >= 0.6 is 0 Å². The molecule has 3 N–H and O–H groups in total. The van der Waals surface area contributed by atoms with Crippen LogP contribution in [0.15, 0.2) is 42.5 Å². The number of carbonyl (C=O) groups excluding carboxylic acids is 1. The van der Waals surface area contributed by atoms with E-state index in [1.165, 1.54) is 0 Å². The van der Waals surface area contributed by atoms with Crippen LogP contribution in [0.3, 0.4) is 0 Å². The van der Waals surface area contributed by atoms with Gasteiger partial charge in [-0.25, -0.2) is 0 Å². The lowest BCUT2D eigenvalue weighted by Gasteiger charge is -2.30. The first-order valence-corrected chi connectivity index (χ1v) is 8.94. The minimum atomic E-state index is -0.189. The van der Waals surface area contributed by atoms with Crippen molar-refractivity contribution in [1.82, 2.24) is 0 Å². The third-order valence-electron chi connectivity index (χ3n) is 4.21. The summed E-state index contributed by atoms with van der Waals surface area (Å²) >= 11 is 0. The molecule has 1 aliphatic rings. The van der Waals surface area contributed by atoms with Gasteiger partial charge in [-0.15, -0.1) is 0 Å². The Labute approximate surface area is 153 Å². The van der Waals surface area contributed by atoms with E-state index in [0.29, 0.717) is 42.5 Å². The van der Waals surface area contributed by atoms with Crippen molar-refractivity contribution in [2.45, 2.75) is 13.3 Å². The average Bonchev–Trinajstić information content (AvgIpc) is 2.67. The first-order valence-electron chi connectivity index (χ1n) is 8.94. The molecular formula is C20H25N3O3. The first kappa shape index (κ1) is 18.1. The Hall–Kier alpha value is -2.73. The molecule has 2 aromatic rings. The number of carbonyl (C=O) groups is 1. The van der Waals surface area contributed by atoms with Crippen LogP contribution in [0.1, 0.15) is 23.7 Å². The van der Waals surface area contributed by atoms with Gasteiger partial charge in [0.25, 0.3) is 5.91 Å². The molecule has 0 radical (unpaired) electrons. The van der Waals surface area contributed by atoms with Crippen LogP contribution in [0.25, 0.3) is 0 Å². The van der Waals surface area contributed by atoms with Gasteiger partial charge in [-0.1, -0.05) is 13.0 Å². The monoisotopic (exact) mass is 355 g/mol. The van der Waals surface area contributed by atoms with Crippen molar-refractivity contribution in [3.8, 4) is 5.75 Å². The Balaban J connectivity index is 1.68. The lowest BCUT2D eigenvalue weighted by Crippen LogP contribution is -2.36. The number of amides is 1. The molecule has 2 aromatic carbocycles. The molecule has 0 aromatic heterocycles. The summed E-state index contributed by atoms with van der Waals surface area (Å²) in [6, 6.07) is 12.8. The summed E-state index contributed by atoms with van der Waals surface area (Å²) in [5, 5.41) is 2.89. The van der Waals surface area contributed by atoms with E-state index in [1.807, 2.05) is 31.2 Å². The van der Waals surface area contributed by atoms with Crippen LogP contribution in [-0.2, 0) is 4.74 Å². The number of anilines is 3. The number of rotatable bonds is 6. The van der Waals surface area contributed by atoms with E-state index in [1.54, 1.807) is 18.2 Å². The molecule has 0 aliphatic carbocycles. The fourth-order valence-electron chi connectivity index (χ4n) is 2.87. The van der Waals surface area contributed by atoms with E-state index in [4.69, 9.17) is 15.2 Å². The molecule has 3 rings (SSSR count). The predicted molar refractivity (Wildman–Crippen MR) is 104 cm³/mol. The highest BCUT2D eigenvalue weighted by atomic mass is 16.5. The molecule has 0 atom stereocenters. The number of nitrogen functional groups attached to an aromatic ring is 1. The molecule has 0 unspecified atom stereocenters. The number of benzene rings is 2. The van der Waals surface area contributed by atoms with E-state index in [9.17, 15) is 4.79 Å². The van der Waals surface area contributed by atoms with Crippen LogP contribution in [-0.4, -0.2) is 38.8 Å². The molecular weight excluding hydrogens is 330 g/mol. The molecule has 1 amide bonds. The van der Waals surface area contributed by atoms with Gasteiger partial charge in [0.1, 0.15) is 5.75 Å². The van der Waals surface area contributed by atoms with Crippen molar-refractivity contribution in [1.29, 1.82) is 0 Å². The Morgan fingerprint density at radius 2 is 2.04 bits per heavy atom. The molecule has 6 heteroatoms. The summed E-state index contributed by atoms with van der Waals surface area (Å²) in [7, 11) is 0. The second-order valence-corrected chi connectivity index (χ2v) is 6.20. The molecule has 1 heterocycles. The molecule has 6 nitrogen and oxygen atoms in total. The van der Waals surface area contributed by atoms with E-state index in [2.05, 4.69) is 10.2 Å². The van der Waals surface area contributed by atoms with Gasteiger partial charge in [-0.05, 0) is 42.8 Å². The Kier molecular flexibility index (Phi) is 5.96. The third kappa shape index (κ3) is 4.46. The van der Waals surface area contributed by atoms with Crippen LogP contribution in [0.4, 0.5) is 17.1 Å². The molecule has 0 spiro atoms. The van der Waals surface area contributed by atoms with E-state index in [-0.39, 0.29) is 5.91 Å². The number of hydrogen-bond donors (Lipinski definition) is 2. The maximum absolute atomic E-state index is 12.5. The number of nitrogens with zero attached hydrogens (tertiary/aromatic N) is 1. The first-order chi connectivity index (χ1) is 12.7. The molecule has 138 valence electrons. The summed E-state index contributed by atoms with van der Waals surface area (Å²) in [5.74, 6) is 0.507. The SMILES string of the molecule is CCCOc1cccc(C(=O)Nc2ccc(N3CCOCC3)c(N)c2)c1. The van der Waals surface area contributed by atoms with Gasteiger partial charge in [0.15, 0.2) is 0 Å². The zero-order chi connectivity index (χ0) is 18.4. The Morgan fingerprint density at radius 3 is 2.77 bits per heavy atom. The standard InChI is InChI=1S/C20H25N3O3/c1-2-10-26-17-5-3-4-15(13-17)20(24)22-16-6-7-19(18(21)14-16)23-8-11-25-12-9-23/h3-7,13-14H,2,8-12,21H2,1H3,(H,22,24). The molecule has 26 heavy (non-hydrogen) atoms. The fourth-order valence-corrected chi connectivity index (χ4v) is 2.87. The zero-order valence-corrected chi connectivity index (χ0v) is 15.0. The van der Waals surface area contributed by atoms with Crippen LogP contribution in [0, 0.1) is 0 Å². The highest BCUT2D eigenvalue weighted by molar-refractivity contribution is 6.04. The number of ether oxygens (including phenoxy) is 2. The molecule has 1 saturated heterocycles. The van der Waals surface area contributed by atoms with Crippen molar-refractivity contribution in [3.63, 3.8) is 0 Å². The molecule has 1 fully saturated rings. The highest BCUT2D eigenvalue weighted by Crippen LogP contribution is 2.27. The largest absolute Gasteiger partial charge is 0.494 e. The summed E-state index contributed by atoms with van der Waals surface area (Å²) in [4.78, 5) is 14.7. The van der Waals surface area contributed by atoms with Gasteiger partial charge in [0, 0.05) is 24.3 Å². The quantitative estimate of drug-likeness (QED) is 0.779. The molecule has 0 bridgehead atoms. The van der Waals surface area contributed by atoms with E-state index < -0.39 is 0 Å². The van der Waals surface area contributed by atoms with Crippen molar-refractivity contribution >= 4 is 23.0 Å². The summed E-state index contributed by atoms with van der Waals surface area (Å²) in [6.45, 7) is 5.72. The van der Waals surface area contributed by atoms with Gasteiger partial charge in [-0.3, -0.25) is 4.79 Å². The maximum Gasteiger partial charge on any atom is 0.255 e. The second-order valence-electron chi connectivity index (χ2n) is 6.20. The minimum absolute atomic E-state index is 0.189. The predicted octanol–water partition coefficient (Wildman–Crippen LogP) is 3.15. The minimum Gasteiger partial charge on any atom is -0.494 e. The molecule has 1 aliphatic heterocycles.